The highest BCUT2D eigenvalue weighted by atomic mass is 16.4. The van der Waals surface area contributed by atoms with Crippen molar-refractivity contribution >= 4 is 17.1 Å². The normalized spacial score (nSPS) is 10.9. The lowest BCUT2D eigenvalue weighted by Gasteiger charge is -1.99. The van der Waals surface area contributed by atoms with E-state index in [-0.39, 0.29) is 17.0 Å². The van der Waals surface area contributed by atoms with Crippen molar-refractivity contribution < 1.29 is 14.3 Å². The summed E-state index contributed by atoms with van der Waals surface area (Å²) in [6.07, 6.45) is 2.71. The molecule has 0 amide bonds. The van der Waals surface area contributed by atoms with Crippen molar-refractivity contribution in [2.24, 2.45) is 0 Å². The van der Waals surface area contributed by atoms with Gasteiger partial charge in [-0.15, -0.1) is 0 Å². The Morgan fingerprint density at radius 2 is 2.24 bits per heavy atom. The number of carboxylic acids is 1. The van der Waals surface area contributed by atoms with Crippen LogP contribution in [0, 0.1) is 0 Å². The van der Waals surface area contributed by atoms with Gasteiger partial charge in [-0.05, 0) is 18.4 Å². The summed E-state index contributed by atoms with van der Waals surface area (Å²) in [5.74, 6) is -1.29. The molecule has 0 bridgehead atoms. The van der Waals surface area contributed by atoms with Crippen LogP contribution in [0.3, 0.4) is 0 Å². The zero-order valence-electron chi connectivity index (χ0n) is 9.45. The molecule has 0 aromatic carbocycles. The highest BCUT2D eigenvalue weighted by Gasteiger charge is 2.13. The zero-order valence-corrected chi connectivity index (χ0v) is 9.45. The summed E-state index contributed by atoms with van der Waals surface area (Å²) in [6, 6.07) is 2.96. The van der Waals surface area contributed by atoms with E-state index in [0.717, 1.165) is 24.8 Å². The first-order valence-corrected chi connectivity index (χ1v) is 5.51. The molecular weight excluding hydrogens is 222 g/mol. The Bertz CT molecular complexity index is 608. The summed E-state index contributed by atoms with van der Waals surface area (Å²) in [7, 11) is 0. The van der Waals surface area contributed by atoms with E-state index in [0.29, 0.717) is 5.39 Å². The molecule has 0 unspecified atom stereocenters. The molecule has 2 rings (SSSR count). The van der Waals surface area contributed by atoms with E-state index in [2.05, 4.69) is 11.9 Å². The first kappa shape index (κ1) is 11.4. The van der Waals surface area contributed by atoms with Crippen LogP contribution in [0.25, 0.3) is 11.1 Å². The van der Waals surface area contributed by atoms with E-state index >= 15 is 0 Å². The van der Waals surface area contributed by atoms with Gasteiger partial charge in [-0.3, -0.25) is 9.78 Å². The van der Waals surface area contributed by atoms with E-state index in [9.17, 15) is 9.59 Å². The Morgan fingerprint density at radius 3 is 2.88 bits per heavy atom. The zero-order chi connectivity index (χ0) is 12.4. The molecule has 2 N–H and O–H groups in total. The molecule has 0 saturated carbocycles. The number of fused-ring (bicyclic) bond motifs is 1. The number of aromatic amines is 1. The summed E-state index contributed by atoms with van der Waals surface area (Å²) >= 11 is 0. The Hall–Kier alpha value is -2.04. The topological polar surface area (TPSA) is 83.3 Å². The summed E-state index contributed by atoms with van der Waals surface area (Å²) in [6.45, 7) is 2.06. The van der Waals surface area contributed by atoms with Gasteiger partial charge < -0.3 is 9.52 Å². The molecule has 0 spiro atoms. The van der Waals surface area contributed by atoms with Gasteiger partial charge in [-0.1, -0.05) is 13.3 Å². The summed E-state index contributed by atoms with van der Waals surface area (Å²) in [5, 5.41) is 9.51. The van der Waals surface area contributed by atoms with E-state index in [1.807, 2.05) is 0 Å². The van der Waals surface area contributed by atoms with Crippen molar-refractivity contribution in [3.05, 3.63) is 33.8 Å². The number of rotatable bonds is 4. The number of unbranched alkanes of at least 4 members (excludes halogenated alkanes) is 1. The van der Waals surface area contributed by atoms with Crippen LogP contribution in [0.1, 0.15) is 35.9 Å². The first-order chi connectivity index (χ1) is 8.11. The number of carboxylic acid groups (broad SMARTS) is 1. The second kappa shape index (κ2) is 4.45. The molecule has 0 saturated heterocycles. The van der Waals surface area contributed by atoms with Gasteiger partial charge in [0.25, 0.3) is 5.56 Å². The SMILES string of the molecule is CCCCc1cc(=O)[nH]c2oc(C(=O)O)cc12. The third-order valence-corrected chi connectivity index (χ3v) is 2.63. The van der Waals surface area contributed by atoms with Gasteiger partial charge in [0.2, 0.25) is 11.5 Å². The van der Waals surface area contributed by atoms with Crippen LogP contribution in [-0.4, -0.2) is 16.1 Å². The van der Waals surface area contributed by atoms with Crippen molar-refractivity contribution in [3.8, 4) is 0 Å². The van der Waals surface area contributed by atoms with Crippen LogP contribution in [0.15, 0.2) is 21.3 Å². The number of nitrogens with one attached hydrogen (secondary N) is 1. The average Bonchev–Trinajstić information content (AvgIpc) is 2.69. The first-order valence-electron chi connectivity index (χ1n) is 5.51. The fourth-order valence-electron chi connectivity index (χ4n) is 1.79. The van der Waals surface area contributed by atoms with Crippen molar-refractivity contribution in [1.82, 2.24) is 4.98 Å². The molecular formula is C12H13NO4. The minimum absolute atomic E-state index is 0.153. The summed E-state index contributed by atoms with van der Waals surface area (Å²) < 4.78 is 5.08. The minimum Gasteiger partial charge on any atom is -0.475 e. The van der Waals surface area contributed by atoms with Crippen LogP contribution in [0.2, 0.25) is 0 Å². The molecule has 0 aliphatic carbocycles. The second-order valence-electron chi connectivity index (χ2n) is 3.92. The van der Waals surface area contributed by atoms with Crippen molar-refractivity contribution in [2.45, 2.75) is 26.2 Å². The molecule has 0 fully saturated rings. The third-order valence-electron chi connectivity index (χ3n) is 2.63. The molecule has 0 aliphatic heterocycles. The highest BCUT2D eigenvalue weighted by molar-refractivity contribution is 5.91. The molecule has 2 aromatic rings. The Balaban J connectivity index is 2.57. The number of aromatic nitrogens is 1. The second-order valence-corrected chi connectivity index (χ2v) is 3.92. The molecule has 5 heteroatoms. The summed E-state index contributed by atoms with van der Waals surface area (Å²) in [5.41, 5.74) is 0.803. The lowest BCUT2D eigenvalue weighted by molar-refractivity contribution is 0.0664. The van der Waals surface area contributed by atoms with Gasteiger partial charge in [0, 0.05) is 17.5 Å². The fraction of sp³-hybridized carbons (Fsp3) is 0.333. The van der Waals surface area contributed by atoms with Gasteiger partial charge in [0.15, 0.2) is 0 Å². The number of H-pyrrole nitrogens is 1. The number of hydrogen-bond acceptors (Lipinski definition) is 3. The molecule has 2 aromatic heterocycles. The summed E-state index contributed by atoms with van der Waals surface area (Å²) in [4.78, 5) is 24.7. The standard InChI is InChI=1S/C12H13NO4/c1-2-3-4-7-5-10(14)13-11-8(7)6-9(17-11)12(15)16/h5-6H,2-4H2,1H3,(H,13,14)(H,15,16). The number of carbonyl (C=O) groups is 1. The van der Waals surface area contributed by atoms with E-state index < -0.39 is 5.97 Å². The molecule has 17 heavy (non-hydrogen) atoms. The van der Waals surface area contributed by atoms with Gasteiger partial charge in [0.1, 0.15) is 0 Å². The van der Waals surface area contributed by atoms with E-state index in [1.54, 1.807) is 0 Å². The molecule has 0 radical (unpaired) electrons. The quantitative estimate of drug-likeness (QED) is 0.850. The van der Waals surface area contributed by atoms with Crippen molar-refractivity contribution in [3.63, 3.8) is 0 Å². The van der Waals surface area contributed by atoms with Gasteiger partial charge in [-0.25, -0.2) is 4.79 Å². The number of furan rings is 1. The minimum atomic E-state index is -1.14. The number of hydrogen-bond donors (Lipinski definition) is 2. The predicted octanol–water partition coefficient (Wildman–Crippen LogP) is 2.16. The van der Waals surface area contributed by atoms with E-state index in [1.165, 1.54) is 12.1 Å². The third kappa shape index (κ3) is 2.22. The van der Waals surface area contributed by atoms with Crippen LogP contribution >= 0.6 is 0 Å². The Kier molecular flexibility index (Phi) is 2.99. The largest absolute Gasteiger partial charge is 0.475 e. The highest BCUT2D eigenvalue weighted by Crippen LogP contribution is 2.21. The Morgan fingerprint density at radius 1 is 1.47 bits per heavy atom. The monoisotopic (exact) mass is 235 g/mol. The number of aromatic carboxylic acids is 1. The molecule has 0 atom stereocenters. The van der Waals surface area contributed by atoms with Crippen molar-refractivity contribution in [2.75, 3.05) is 0 Å². The molecule has 90 valence electrons. The van der Waals surface area contributed by atoms with Crippen LogP contribution in [-0.2, 0) is 6.42 Å². The van der Waals surface area contributed by atoms with Crippen LogP contribution in [0.5, 0.6) is 0 Å². The molecule has 2 heterocycles. The average molecular weight is 235 g/mol. The van der Waals surface area contributed by atoms with Gasteiger partial charge in [0.05, 0.1) is 0 Å². The van der Waals surface area contributed by atoms with Crippen molar-refractivity contribution in [1.29, 1.82) is 0 Å². The molecule has 5 nitrogen and oxygen atoms in total. The number of aryl methyl sites for hydroxylation is 1. The smallest absolute Gasteiger partial charge is 0.371 e. The van der Waals surface area contributed by atoms with Gasteiger partial charge in [-0.2, -0.15) is 0 Å². The lowest BCUT2D eigenvalue weighted by atomic mass is 10.1. The maximum absolute atomic E-state index is 11.4. The predicted molar refractivity (Wildman–Crippen MR) is 62.4 cm³/mol. The number of pyridine rings is 1. The molecule has 0 aliphatic rings. The fourth-order valence-corrected chi connectivity index (χ4v) is 1.79. The van der Waals surface area contributed by atoms with E-state index in [4.69, 9.17) is 9.52 Å². The van der Waals surface area contributed by atoms with Crippen LogP contribution in [0.4, 0.5) is 0 Å². The van der Waals surface area contributed by atoms with Gasteiger partial charge >= 0.3 is 5.97 Å². The van der Waals surface area contributed by atoms with Crippen LogP contribution < -0.4 is 5.56 Å². The Labute approximate surface area is 97.1 Å². The maximum Gasteiger partial charge on any atom is 0.371 e. The maximum atomic E-state index is 11.4. The lowest BCUT2D eigenvalue weighted by Crippen LogP contribution is -2.05.